The molecule has 154 valence electrons. The molecule has 1 aliphatic rings. The number of piperazine rings is 1. The summed E-state index contributed by atoms with van der Waals surface area (Å²) in [7, 11) is 1.63. The molecule has 1 heterocycles. The third-order valence-electron chi connectivity index (χ3n) is 5.49. The number of carbonyl (C=O) groups excluding carboxylic acids is 2. The molecule has 0 atom stereocenters. The van der Waals surface area contributed by atoms with Crippen molar-refractivity contribution in [3.8, 4) is 5.75 Å². The summed E-state index contributed by atoms with van der Waals surface area (Å²) >= 11 is 0. The lowest BCUT2D eigenvalue weighted by Gasteiger charge is -2.34. The Morgan fingerprint density at radius 3 is 2.34 bits per heavy atom. The summed E-state index contributed by atoms with van der Waals surface area (Å²) in [6.45, 7) is 7.08. The number of ether oxygens (including phenoxy) is 1. The van der Waals surface area contributed by atoms with Gasteiger partial charge in [-0.25, -0.2) is 0 Å². The predicted molar refractivity (Wildman–Crippen MR) is 114 cm³/mol. The van der Waals surface area contributed by atoms with Gasteiger partial charge in [-0.05, 0) is 48.7 Å². The number of hydrogen-bond donors (Lipinski definition) is 1. The largest absolute Gasteiger partial charge is 0.497 e. The number of carbonyl (C=O) groups is 2. The first-order valence-corrected chi connectivity index (χ1v) is 9.95. The van der Waals surface area contributed by atoms with Gasteiger partial charge in [-0.2, -0.15) is 0 Å². The minimum atomic E-state index is -0.0169. The van der Waals surface area contributed by atoms with Crippen molar-refractivity contribution < 1.29 is 14.3 Å². The second kappa shape index (κ2) is 9.56. The third kappa shape index (κ3) is 5.57. The van der Waals surface area contributed by atoms with Crippen molar-refractivity contribution in [3.05, 3.63) is 59.2 Å². The topological polar surface area (TPSA) is 61.9 Å². The standard InChI is InChI=1S/C23H29N3O3/c1-17-5-4-6-21(18(17)2)24-22(27)16-25-11-13-26(14-12-25)23(28)15-19-7-9-20(29-3)10-8-19/h4-10H,11-16H2,1-3H3,(H,24,27). The Morgan fingerprint density at radius 2 is 1.69 bits per heavy atom. The Balaban J connectivity index is 1.45. The third-order valence-corrected chi connectivity index (χ3v) is 5.49. The van der Waals surface area contributed by atoms with Crippen molar-refractivity contribution in [3.63, 3.8) is 0 Å². The molecular weight excluding hydrogens is 366 g/mol. The van der Waals surface area contributed by atoms with Gasteiger partial charge >= 0.3 is 0 Å². The fraction of sp³-hybridized carbons (Fsp3) is 0.391. The number of anilines is 1. The van der Waals surface area contributed by atoms with E-state index < -0.39 is 0 Å². The lowest BCUT2D eigenvalue weighted by molar-refractivity contribution is -0.132. The molecule has 1 saturated heterocycles. The van der Waals surface area contributed by atoms with E-state index in [2.05, 4.69) is 10.2 Å². The SMILES string of the molecule is COc1ccc(CC(=O)N2CCN(CC(=O)Nc3cccc(C)c3C)CC2)cc1. The summed E-state index contributed by atoms with van der Waals surface area (Å²) in [6.07, 6.45) is 0.386. The van der Waals surface area contributed by atoms with Crippen LogP contribution in [0.4, 0.5) is 5.69 Å². The van der Waals surface area contributed by atoms with Crippen molar-refractivity contribution >= 4 is 17.5 Å². The maximum atomic E-state index is 12.6. The molecule has 3 rings (SSSR count). The van der Waals surface area contributed by atoms with Gasteiger partial charge in [0, 0.05) is 31.9 Å². The van der Waals surface area contributed by atoms with E-state index in [1.165, 1.54) is 0 Å². The van der Waals surface area contributed by atoms with Gasteiger partial charge in [-0.3, -0.25) is 14.5 Å². The van der Waals surface area contributed by atoms with Crippen LogP contribution >= 0.6 is 0 Å². The molecular formula is C23H29N3O3. The van der Waals surface area contributed by atoms with E-state index in [1.54, 1.807) is 7.11 Å². The highest BCUT2D eigenvalue weighted by molar-refractivity contribution is 5.93. The molecule has 2 amide bonds. The zero-order chi connectivity index (χ0) is 20.8. The van der Waals surface area contributed by atoms with Crippen LogP contribution in [0.25, 0.3) is 0 Å². The molecule has 0 aliphatic carbocycles. The highest BCUT2D eigenvalue weighted by Gasteiger charge is 2.22. The monoisotopic (exact) mass is 395 g/mol. The van der Waals surface area contributed by atoms with Crippen molar-refractivity contribution in [2.24, 2.45) is 0 Å². The average Bonchev–Trinajstić information content (AvgIpc) is 2.72. The average molecular weight is 396 g/mol. The van der Waals surface area contributed by atoms with Crippen LogP contribution in [0.1, 0.15) is 16.7 Å². The van der Waals surface area contributed by atoms with Crippen molar-refractivity contribution in [1.29, 1.82) is 0 Å². The van der Waals surface area contributed by atoms with Crippen LogP contribution in [-0.2, 0) is 16.0 Å². The van der Waals surface area contributed by atoms with E-state index in [9.17, 15) is 9.59 Å². The second-order valence-electron chi connectivity index (χ2n) is 7.48. The Hall–Kier alpha value is -2.86. The van der Waals surface area contributed by atoms with Crippen LogP contribution in [0.5, 0.6) is 5.75 Å². The van der Waals surface area contributed by atoms with Crippen molar-refractivity contribution in [2.45, 2.75) is 20.3 Å². The van der Waals surface area contributed by atoms with Gasteiger partial charge in [-0.15, -0.1) is 0 Å². The number of methoxy groups -OCH3 is 1. The van der Waals surface area contributed by atoms with E-state index in [1.807, 2.05) is 61.2 Å². The van der Waals surface area contributed by atoms with Crippen LogP contribution in [0.2, 0.25) is 0 Å². The Kier molecular flexibility index (Phi) is 6.88. The van der Waals surface area contributed by atoms with E-state index in [4.69, 9.17) is 4.74 Å². The molecule has 6 heteroatoms. The zero-order valence-electron chi connectivity index (χ0n) is 17.4. The molecule has 0 radical (unpaired) electrons. The lowest BCUT2D eigenvalue weighted by atomic mass is 10.1. The highest BCUT2D eigenvalue weighted by Crippen LogP contribution is 2.18. The maximum Gasteiger partial charge on any atom is 0.238 e. The van der Waals surface area contributed by atoms with Gasteiger partial charge < -0.3 is 15.0 Å². The summed E-state index contributed by atoms with van der Waals surface area (Å²) in [5.74, 6) is 0.889. The minimum absolute atomic E-state index is 0.0169. The lowest BCUT2D eigenvalue weighted by Crippen LogP contribution is -2.50. The number of aryl methyl sites for hydroxylation is 1. The van der Waals surface area contributed by atoms with Crippen LogP contribution in [0, 0.1) is 13.8 Å². The van der Waals surface area contributed by atoms with E-state index >= 15 is 0 Å². The molecule has 2 aromatic carbocycles. The van der Waals surface area contributed by atoms with Crippen LogP contribution in [-0.4, -0.2) is 61.4 Å². The quantitative estimate of drug-likeness (QED) is 0.817. The Bertz CT molecular complexity index is 856. The molecule has 0 spiro atoms. The van der Waals surface area contributed by atoms with Gasteiger partial charge in [-0.1, -0.05) is 24.3 Å². The molecule has 2 aromatic rings. The zero-order valence-corrected chi connectivity index (χ0v) is 17.4. The summed E-state index contributed by atoms with van der Waals surface area (Å²) in [4.78, 5) is 28.9. The molecule has 0 bridgehead atoms. The van der Waals surface area contributed by atoms with Crippen LogP contribution in [0.3, 0.4) is 0 Å². The molecule has 1 fully saturated rings. The number of hydrogen-bond acceptors (Lipinski definition) is 4. The van der Waals surface area contributed by atoms with Crippen molar-refractivity contribution in [2.75, 3.05) is 45.2 Å². The van der Waals surface area contributed by atoms with E-state index in [0.717, 1.165) is 28.1 Å². The number of rotatable bonds is 6. The molecule has 29 heavy (non-hydrogen) atoms. The normalized spacial score (nSPS) is 14.5. The summed E-state index contributed by atoms with van der Waals surface area (Å²) in [5.41, 5.74) is 4.09. The number of amides is 2. The van der Waals surface area contributed by atoms with E-state index in [-0.39, 0.29) is 11.8 Å². The number of nitrogens with zero attached hydrogens (tertiary/aromatic N) is 2. The summed E-state index contributed by atoms with van der Waals surface area (Å²) in [6, 6.07) is 13.5. The summed E-state index contributed by atoms with van der Waals surface area (Å²) in [5, 5.41) is 3.00. The molecule has 1 N–H and O–H groups in total. The maximum absolute atomic E-state index is 12.6. The first kappa shape index (κ1) is 20.9. The Labute approximate surface area is 172 Å². The summed E-state index contributed by atoms with van der Waals surface area (Å²) < 4.78 is 5.15. The molecule has 1 aliphatic heterocycles. The smallest absolute Gasteiger partial charge is 0.238 e. The first-order chi connectivity index (χ1) is 14.0. The van der Waals surface area contributed by atoms with Gasteiger partial charge in [0.15, 0.2) is 0 Å². The van der Waals surface area contributed by atoms with Gasteiger partial charge in [0.05, 0.1) is 20.1 Å². The fourth-order valence-electron chi connectivity index (χ4n) is 3.46. The molecule has 6 nitrogen and oxygen atoms in total. The van der Waals surface area contributed by atoms with Gasteiger partial charge in [0.1, 0.15) is 5.75 Å². The molecule has 0 unspecified atom stereocenters. The van der Waals surface area contributed by atoms with Crippen LogP contribution in [0.15, 0.2) is 42.5 Å². The second-order valence-corrected chi connectivity index (χ2v) is 7.48. The molecule has 0 aromatic heterocycles. The van der Waals surface area contributed by atoms with Crippen molar-refractivity contribution in [1.82, 2.24) is 9.80 Å². The predicted octanol–water partition coefficient (Wildman–Crippen LogP) is 2.64. The number of nitrogens with one attached hydrogen (secondary N) is 1. The first-order valence-electron chi connectivity index (χ1n) is 9.95. The minimum Gasteiger partial charge on any atom is -0.497 e. The van der Waals surface area contributed by atoms with Crippen LogP contribution < -0.4 is 10.1 Å². The van der Waals surface area contributed by atoms with Gasteiger partial charge in [0.25, 0.3) is 0 Å². The van der Waals surface area contributed by atoms with Gasteiger partial charge in [0.2, 0.25) is 11.8 Å². The number of benzene rings is 2. The highest BCUT2D eigenvalue weighted by atomic mass is 16.5. The molecule has 0 saturated carbocycles. The van der Waals surface area contributed by atoms with E-state index in [0.29, 0.717) is 39.1 Å². The Morgan fingerprint density at radius 1 is 1.00 bits per heavy atom. The fourth-order valence-corrected chi connectivity index (χ4v) is 3.46.